The lowest BCUT2D eigenvalue weighted by molar-refractivity contribution is -0.188. The third kappa shape index (κ3) is 11.2. The Kier molecular flexibility index (Phi) is 15.6. The van der Waals surface area contributed by atoms with Gasteiger partial charge in [-0.25, -0.2) is 9.59 Å². The van der Waals surface area contributed by atoms with Gasteiger partial charge >= 0.3 is 23.8 Å². The highest BCUT2D eigenvalue weighted by Gasteiger charge is 2.58. The smallest absolute Gasteiger partial charge is 0.338 e. The van der Waals surface area contributed by atoms with Crippen LogP contribution < -0.4 is 0 Å². The van der Waals surface area contributed by atoms with E-state index in [0.717, 1.165) is 76.4 Å². The van der Waals surface area contributed by atoms with Crippen LogP contribution >= 0.6 is 0 Å². The van der Waals surface area contributed by atoms with E-state index in [1.807, 2.05) is 0 Å². The van der Waals surface area contributed by atoms with E-state index in [-0.39, 0.29) is 23.6 Å². The third-order valence-electron chi connectivity index (χ3n) is 7.91. The molecule has 1 aromatic carbocycles. The van der Waals surface area contributed by atoms with Gasteiger partial charge in [-0.1, -0.05) is 109 Å². The van der Waals surface area contributed by atoms with Crippen molar-refractivity contribution in [2.45, 2.75) is 141 Å². The number of carbonyl (C=O) groups excluding carboxylic acids is 2. The quantitative estimate of drug-likeness (QED) is 0.111. The standard InChI is InChI=1S/C35H50F2O6/c1-4-6-8-10-12-13-15-17-23-31(38)43-34(25-24-28(32(39)40)26-35(34,36)37)30-22-19-18-21-29(30)33(41)42-27(3)20-16-14-11-9-7-5-2/h18-19,21-22,24-27H,4-17,20,23H2,1-3H3,(H,39,40). The number of rotatable bonds is 21. The molecule has 0 spiro atoms. The molecule has 6 nitrogen and oxygen atoms in total. The molecule has 0 aromatic heterocycles. The molecular formula is C35H50F2O6. The topological polar surface area (TPSA) is 89.9 Å². The highest BCUT2D eigenvalue weighted by atomic mass is 19.3. The van der Waals surface area contributed by atoms with Crippen LogP contribution in [0.4, 0.5) is 8.78 Å². The monoisotopic (exact) mass is 604 g/mol. The van der Waals surface area contributed by atoms with Crippen LogP contribution in [-0.4, -0.2) is 35.0 Å². The van der Waals surface area contributed by atoms with E-state index in [4.69, 9.17) is 9.47 Å². The van der Waals surface area contributed by atoms with Crippen LogP contribution in [0.1, 0.15) is 139 Å². The van der Waals surface area contributed by atoms with Crippen molar-refractivity contribution in [2.75, 3.05) is 0 Å². The number of halogens is 2. The number of carbonyl (C=O) groups is 3. The molecule has 0 saturated carbocycles. The fourth-order valence-electron chi connectivity index (χ4n) is 5.36. The molecule has 0 amide bonds. The lowest BCUT2D eigenvalue weighted by Crippen LogP contribution is -2.49. The summed E-state index contributed by atoms with van der Waals surface area (Å²) in [5, 5.41) is 9.37. The molecule has 2 rings (SSSR count). The van der Waals surface area contributed by atoms with Gasteiger partial charge in [0, 0.05) is 18.1 Å². The van der Waals surface area contributed by atoms with Gasteiger partial charge in [0.1, 0.15) is 0 Å². The van der Waals surface area contributed by atoms with Gasteiger partial charge in [-0.2, -0.15) is 8.78 Å². The molecule has 0 fully saturated rings. The minimum atomic E-state index is -3.95. The lowest BCUT2D eigenvalue weighted by atomic mass is 9.79. The number of carboxylic acids is 1. The molecule has 0 radical (unpaired) electrons. The first-order valence-electron chi connectivity index (χ1n) is 16.1. The van der Waals surface area contributed by atoms with Gasteiger partial charge in [0.15, 0.2) is 0 Å². The largest absolute Gasteiger partial charge is 0.478 e. The van der Waals surface area contributed by atoms with Crippen LogP contribution in [0.2, 0.25) is 0 Å². The molecular weight excluding hydrogens is 554 g/mol. The van der Waals surface area contributed by atoms with Crippen molar-refractivity contribution in [3.63, 3.8) is 0 Å². The molecule has 1 aliphatic rings. The van der Waals surface area contributed by atoms with Gasteiger partial charge in [0.2, 0.25) is 5.60 Å². The molecule has 8 heteroatoms. The first-order chi connectivity index (χ1) is 20.6. The molecule has 2 atom stereocenters. The Morgan fingerprint density at radius 2 is 1.40 bits per heavy atom. The second-order valence-corrected chi connectivity index (χ2v) is 11.6. The summed E-state index contributed by atoms with van der Waals surface area (Å²) in [4.78, 5) is 37.8. The zero-order valence-corrected chi connectivity index (χ0v) is 26.2. The van der Waals surface area contributed by atoms with Crippen molar-refractivity contribution in [2.24, 2.45) is 0 Å². The van der Waals surface area contributed by atoms with E-state index in [1.165, 1.54) is 43.5 Å². The van der Waals surface area contributed by atoms with Crippen LogP contribution in [0.5, 0.6) is 0 Å². The summed E-state index contributed by atoms with van der Waals surface area (Å²) in [7, 11) is 0. The Morgan fingerprint density at radius 3 is 1.98 bits per heavy atom. The number of esters is 2. The first-order valence-corrected chi connectivity index (χ1v) is 16.1. The molecule has 0 saturated heterocycles. The van der Waals surface area contributed by atoms with Crippen LogP contribution in [0.25, 0.3) is 0 Å². The number of alkyl halides is 2. The minimum absolute atomic E-state index is 0.0714. The molecule has 240 valence electrons. The number of benzene rings is 1. The van der Waals surface area contributed by atoms with Crippen LogP contribution in [0.3, 0.4) is 0 Å². The number of hydrogen-bond donors (Lipinski definition) is 1. The van der Waals surface area contributed by atoms with Crippen molar-refractivity contribution in [3.05, 3.63) is 59.2 Å². The van der Waals surface area contributed by atoms with E-state index in [1.54, 1.807) is 6.92 Å². The predicted molar refractivity (Wildman–Crippen MR) is 164 cm³/mol. The molecule has 0 heterocycles. The summed E-state index contributed by atoms with van der Waals surface area (Å²) in [5.74, 6) is -7.14. The second kappa shape index (κ2) is 18.6. The van der Waals surface area contributed by atoms with Crippen molar-refractivity contribution in [1.82, 2.24) is 0 Å². The summed E-state index contributed by atoms with van der Waals surface area (Å²) < 4.78 is 43.1. The van der Waals surface area contributed by atoms with E-state index < -0.39 is 41.1 Å². The Hall–Kier alpha value is -3.03. The Labute approximate surface area is 255 Å². The molecule has 43 heavy (non-hydrogen) atoms. The van der Waals surface area contributed by atoms with Crippen LogP contribution in [0, 0.1) is 0 Å². The molecule has 1 aromatic rings. The normalized spacial score (nSPS) is 18.1. The minimum Gasteiger partial charge on any atom is -0.478 e. The van der Waals surface area contributed by atoms with Crippen molar-refractivity contribution in [3.8, 4) is 0 Å². The van der Waals surface area contributed by atoms with E-state index in [9.17, 15) is 19.5 Å². The fraction of sp³-hybridized carbons (Fsp3) is 0.629. The van der Waals surface area contributed by atoms with E-state index in [0.29, 0.717) is 12.8 Å². The van der Waals surface area contributed by atoms with Gasteiger partial charge in [-0.15, -0.1) is 0 Å². The summed E-state index contributed by atoms with van der Waals surface area (Å²) >= 11 is 0. The molecule has 2 unspecified atom stereocenters. The van der Waals surface area contributed by atoms with E-state index in [2.05, 4.69) is 13.8 Å². The summed E-state index contributed by atoms with van der Waals surface area (Å²) in [6.07, 6.45) is 16.7. The van der Waals surface area contributed by atoms with Crippen LogP contribution in [-0.2, 0) is 24.7 Å². The molecule has 0 aliphatic heterocycles. The van der Waals surface area contributed by atoms with Gasteiger partial charge in [0.25, 0.3) is 0 Å². The average Bonchev–Trinajstić information content (AvgIpc) is 2.97. The zero-order valence-electron chi connectivity index (χ0n) is 26.2. The Morgan fingerprint density at radius 1 is 0.837 bits per heavy atom. The molecule has 1 N–H and O–H groups in total. The van der Waals surface area contributed by atoms with Gasteiger partial charge in [0.05, 0.1) is 17.2 Å². The third-order valence-corrected chi connectivity index (χ3v) is 7.91. The average molecular weight is 605 g/mol. The maximum absolute atomic E-state index is 16.0. The Balaban J connectivity index is 2.21. The van der Waals surface area contributed by atoms with Crippen molar-refractivity contribution >= 4 is 17.9 Å². The lowest BCUT2D eigenvalue weighted by Gasteiger charge is -2.39. The maximum Gasteiger partial charge on any atom is 0.338 e. The number of ether oxygens (including phenoxy) is 2. The van der Waals surface area contributed by atoms with Crippen molar-refractivity contribution < 1.29 is 37.7 Å². The van der Waals surface area contributed by atoms with Crippen molar-refractivity contribution in [1.29, 1.82) is 0 Å². The summed E-state index contributed by atoms with van der Waals surface area (Å²) in [5.41, 5.74) is -3.75. The SMILES string of the molecule is CCCCCCCCCCC(=O)OC1(c2ccccc2C(=O)OC(C)CCCCCCCC)C=CC(C(=O)O)=CC1(F)F. The number of carboxylic acid groups (broad SMARTS) is 1. The summed E-state index contributed by atoms with van der Waals surface area (Å²) in [6.45, 7) is 6.08. The first kappa shape index (κ1) is 36.2. The zero-order chi connectivity index (χ0) is 31.7. The number of aliphatic carboxylic acids is 1. The van der Waals surface area contributed by atoms with Crippen LogP contribution in [0.15, 0.2) is 48.1 Å². The number of unbranched alkanes of at least 4 members (excludes halogenated alkanes) is 12. The maximum atomic E-state index is 16.0. The second-order valence-electron chi connectivity index (χ2n) is 11.6. The number of hydrogen-bond acceptors (Lipinski definition) is 5. The fourth-order valence-corrected chi connectivity index (χ4v) is 5.36. The van der Waals surface area contributed by atoms with E-state index >= 15 is 8.78 Å². The molecule has 0 bridgehead atoms. The highest BCUT2D eigenvalue weighted by molar-refractivity contribution is 5.93. The van der Waals surface area contributed by atoms with Gasteiger partial charge in [-0.05, 0) is 44.4 Å². The predicted octanol–water partition coefficient (Wildman–Crippen LogP) is 9.47. The molecule has 1 aliphatic carbocycles. The summed E-state index contributed by atoms with van der Waals surface area (Å²) in [6, 6.07) is 5.66. The highest BCUT2D eigenvalue weighted by Crippen LogP contribution is 2.48. The van der Waals surface area contributed by atoms with Gasteiger partial charge < -0.3 is 14.6 Å². The Bertz CT molecular complexity index is 1100. The van der Waals surface area contributed by atoms with Gasteiger partial charge in [-0.3, -0.25) is 4.79 Å².